The summed E-state index contributed by atoms with van der Waals surface area (Å²) in [6, 6.07) is 3.92. The minimum Gasteiger partial charge on any atom is -0.475 e. The average Bonchev–Trinajstić information content (AvgIpc) is 3.31. The van der Waals surface area contributed by atoms with E-state index in [9.17, 15) is 18.0 Å². The summed E-state index contributed by atoms with van der Waals surface area (Å²) in [5, 5.41) is 7.12. The lowest BCUT2D eigenvalue weighted by molar-refractivity contribution is -0.192. The van der Waals surface area contributed by atoms with Gasteiger partial charge >= 0.3 is 12.1 Å². The number of hydrogen-bond donors (Lipinski definition) is 1. The number of carbonyl (C=O) groups is 2. The molecule has 8 nitrogen and oxygen atoms in total. The third-order valence-electron chi connectivity index (χ3n) is 4.91. The van der Waals surface area contributed by atoms with E-state index in [1.165, 1.54) is 0 Å². The number of hydrogen-bond acceptors (Lipinski definition) is 6. The lowest BCUT2D eigenvalue weighted by Crippen LogP contribution is -2.37. The molecule has 2 aliphatic heterocycles. The Hall–Kier alpha value is -2.11. The van der Waals surface area contributed by atoms with Gasteiger partial charge in [0.2, 0.25) is 5.91 Å². The summed E-state index contributed by atoms with van der Waals surface area (Å²) in [6.45, 7) is 4.94. The summed E-state index contributed by atoms with van der Waals surface area (Å²) in [6.07, 6.45) is -3.37. The number of aliphatic carboxylic acids is 1. The first-order valence-electron chi connectivity index (χ1n) is 8.94. The fourth-order valence-electron chi connectivity index (χ4n) is 3.36. The normalized spacial score (nSPS) is 24.0. The van der Waals surface area contributed by atoms with Gasteiger partial charge in [0, 0.05) is 38.5 Å². The maximum absolute atomic E-state index is 11.6. The van der Waals surface area contributed by atoms with E-state index in [0.29, 0.717) is 19.1 Å². The zero-order chi connectivity index (χ0) is 21.7. The van der Waals surface area contributed by atoms with E-state index in [1.54, 1.807) is 25.3 Å². The van der Waals surface area contributed by atoms with Gasteiger partial charge in [0.05, 0.1) is 32.6 Å². The minimum absolute atomic E-state index is 0.00250. The number of halogens is 3. The molecule has 2 aliphatic rings. The quantitative estimate of drug-likeness (QED) is 0.742. The van der Waals surface area contributed by atoms with Crippen LogP contribution in [0.3, 0.4) is 0 Å². The zero-order valence-corrected chi connectivity index (χ0v) is 16.3. The van der Waals surface area contributed by atoms with Gasteiger partial charge in [0.25, 0.3) is 0 Å². The molecule has 1 aromatic heterocycles. The van der Waals surface area contributed by atoms with Crippen molar-refractivity contribution in [1.82, 2.24) is 9.80 Å². The van der Waals surface area contributed by atoms with Gasteiger partial charge < -0.3 is 23.9 Å². The standard InChI is InChI=1S/C16H24N2O4.C2HF3O2/c1-17(2)15(19)9-21-12-16-10-18(6-13(16)8-20-11-16)7-14-4-3-5-22-14;3-2(4,5)1(6)7/h3-5,13H,6-12H2,1-2H3;(H,6,7)/t13-,16+;/m1./s1. The summed E-state index contributed by atoms with van der Waals surface area (Å²) < 4.78 is 48.6. The first-order chi connectivity index (χ1) is 13.5. The predicted octanol–water partition coefficient (Wildman–Crippen LogP) is 1.47. The van der Waals surface area contributed by atoms with E-state index >= 15 is 0 Å². The van der Waals surface area contributed by atoms with Crippen LogP contribution in [0.1, 0.15) is 5.76 Å². The smallest absolute Gasteiger partial charge is 0.475 e. The van der Waals surface area contributed by atoms with Gasteiger partial charge in [-0.1, -0.05) is 0 Å². The number of carboxylic acids is 1. The summed E-state index contributed by atoms with van der Waals surface area (Å²) in [5.41, 5.74) is 0.0131. The number of nitrogens with zero attached hydrogens (tertiary/aromatic N) is 2. The highest BCUT2D eigenvalue weighted by molar-refractivity contribution is 5.76. The van der Waals surface area contributed by atoms with Crippen LogP contribution in [0.25, 0.3) is 0 Å². The van der Waals surface area contributed by atoms with Crippen molar-refractivity contribution < 1.29 is 41.8 Å². The molecule has 11 heteroatoms. The second kappa shape index (κ2) is 9.59. The number of alkyl halides is 3. The monoisotopic (exact) mass is 422 g/mol. The lowest BCUT2D eigenvalue weighted by atomic mass is 9.82. The third kappa shape index (κ3) is 6.44. The van der Waals surface area contributed by atoms with E-state index in [-0.39, 0.29) is 17.9 Å². The van der Waals surface area contributed by atoms with Crippen LogP contribution in [0.15, 0.2) is 22.8 Å². The molecule has 29 heavy (non-hydrogen) atoms. The van der Waals surface area contributed by atoms with E-state index in [1.807, 2.05) is 12.1 Å². The number of ether oxygens (including phenoxy) is 2. The molecule has 0 spiro atoms. The Kier molecular flexibility index (Phi) is 7.66. The average molecular weight is 422 g/mol. The van der Waals surface area contributed by atoms with E-state index < -0.39 is 12.1 Å². The summed E-state index contributed by atoms with van der Waals surface area (Å²) >= 11 is 0. The van der Waals surface area contributed by atoms with Crippen LogP contribution < -0.4 is 0 Å². The Morgan fingerprint density at radius 2 is 2.10 bits per heavy atom. The zero-order valence-electron chi connectivity index (χ0n) is 16.3. The molecule has 3 heterocycles. The van der Waals surface area contributed by atoms with Crippen LogP contribution in [-0.4, -0.2) is 86.6 Å². The van der Waals surface area contributed by atoms with Crippen molar-refractivity contribution in [3.8, 4) is 0 Å². The van der Waals surface area contributed by atoms with Crippen molar-refractivity contribution in [2.75, 3.05) is 53.6 Å². The Morgan fingerprint density at radius 3 is 2.66 bits per heavy atom. The first kappa shape index (κ1) is 23.2. The molecule has 2 saturated heterocycles. The van der Waals surface area contributed by atoms with Crippen LogP contribution >= 0.6 is 0 Å². The Labute approximate surface area is 166 Å². The highest BCUT2D eigenvalue weighted by atomic mass is 19.4. The van der Waals surface area contributed by atoms with Crippen LogP contribution in [0.2, 0.25) is 0 Å². The van der Waals surface area contributed by atoms with Crippen LogP contribution in [0.4, 0.5) is 13.2 Å². The van der Waals surface area contributed by atoms with Crippen LogP contribution in [0, 0.1) is 11.3 Å². The largest absolute Gasteiger partial charge is 0.490 e. The number of likely N-dealkylation sites (N-methyl/N-ethyl adjacent to an activating group) is 1. The molecule has 2 atom stereocenters. The number of furan rings is 1. The predicted molar refractivity (Wildman–Crippen MR) is 93.9 cm³/mol. The van der Waals surface area contributed by atoms with Crippen molar-refractivity contribution >= 4 is 11.9 Å². The molecular weight excluding hydrogens is 397 g/mol. The molecule has 2 fully saturated rings. The maximum atomic E-state index is 11.6. The van der Waals surface area contributed by atoms with Gasteiger partial charge in [-0.15, -0.1) is 0 Å². The van der Waals surface area contributed by atoms with Gasteiger partial charge in [-0.3, -0.25) is 9.69 Å². The molecule has 164 valence electrons. The van der Waals surface area contributed by atoms with Crippen molar-refractivity contribution in [3.05, 3.63) is 24.2 Å². The summed E-state index contributed by atoms with van der Waals surface area (Å²) in [5.74, 6) is -1.30. The van der Waals surface area contributed by atoms with Crippen LogP contribution in [-0.2, 0) is 25.6 Å². The number of carboxylic acid groups (broad SMARTS) is 1. The van der Waals surface area contributed by atoms with Gasteiger partial charge in [-0.2, -0.15) is 13.2 Å². The molecule has 0 unspecified atom stereocenters. The molecule has 0 saturated carbocycles. The van der Waals surface area contributed by atoms with Crippen LogP contribution in [0.5, 0.6) is 0 Å². The molecule has 0 aromatic carbocycles. The molecule has 0 aliphatic carbocycles. The summed E-state index contributed by atoms with van der Waals surface area (Å²) in [7, 11) is 3.48. The first-order valence-corrected chi connectivity index (χ1v) is 8.94. The fourth-order valence-corrected chi connectivity index (χ4v) is 3.36. The molecule has 1 aromatic rings. The van der Waals surface area contributed by atoms with Gasteiger partial charge in [-0.25, -0.2) is 4.79 Å². The highest BCUT2D eigenvalue weighted by Gasteiger charge is 2.50. The Bertz CT molecular complexity index is 680. The van der Waals surface area contributed by atoms with Crippen molar-refractivity contribution in [1.29, 1.82) is 0 Å². The second-order valence-electron chi connectivity index (χ2n) is 7.41. The highest BCUT2D eigenvalue weighted by Crippen LogP contribution is 2.42. The van der Waals surface area contributed by atoms with E-state index in [0.717, 1.165) is 32.0 Å². The van der Waals surface area contributed by atoms with E-state index in [2.05, 4.69) is 4.90 Å². The van der Waals surface area contributed by atoms with Gasteiger partial charge in [-0.05, 0) is 12.1 Å². The van der Waals surface area contributed by atoms with Crippen molar-refractivity contribution in [2.45, 2.75) is 12.7 Å². The van der Waals surface area contributed by atoms with Gasteiger partial charge in [0.15, 0.2) is 0 Å². The molecule has 1 N–H and O–H groups in total. The number of likely N-dealkylation sites (tertiary alicyclic amines) is 1. The number of fused-ring (bicyclic) bond motifs is 1. The number of rotatable bonds is 6. The second-order valence-corrected chi connectivity index (χ2v) is 7.41. The molecular formula is C18H25F3N2O6. The maximum Gasteiger partial charge on any atom is 0.490 e. The number of carbonyl (C=O) groups excluding carboxylic acids is 1. The molecule has 0 bridgehead atoms. The van der Waals surface area contributed by atoms with E-state index in [4.69, 9.17) is 23.8 Å². The SMILES string of the molecule is CN(C)C(=O)COC[C@]12COC[C@H]1CN(Cc1ccco1)C2.O=C(O)C(F)(F)F. The van der Waals surface area contributed by atoms with Crippen molar-refractivity contribution in [3.63, 3.8) is 0 Å². The topological polar surface area (TPSA) is 92.5 Å². The fraction of sp³-hybridized carbons (Fsp3) is 0.667. The minimum atomic E-state index is -5.08. The number of amides is 1. The Balaban J connectivity index is 0.000000370. The summed E-state index contributed by atoms with van der Waals surface area (Å²) in [4.78, 5) is 24.5. The third-order valence-corrected chi connectivity index (χ3v) is 4.91. The molecule has 3 rings (SSSR count). The lowest BCUT2D eigenvalue weighted by Gasteiger charge is -2.27. The molecule has 1 amide bonds. The Morgan fingerprint density at radius 1 is 1.41 bits per heavy atom. The van der Waals surface area contributed by atoms with Gasteiger partial charge in [0.1, 0.15) is 12.4 Å². The van der Waals surface area contributed by atoms with Crippen molar-refractivity contribution in [2.24, 2.45) is 11.3 Å². The molecule has 0 radical (unpaired) electrons.